The van der Waals surface area contributed by atoms with Crippen LogP contribution in [0, 0.1) is 24.6 Å². The number of likely N-dealkylation sites (tertiary alicyclic amines) is 1. The molecule has 0 aliphatic carbocycles. The SMILES string of the molecule is Cc1nn(C)cc1CN(C)[C@H](Cc1ccccc1F)C1CCN(CCC(C)C)CC1. The lowest BCUT2D eigenvalue weighted by atomic mass is 9.84. The van der Waals surface area contributed by atoms with E-state index in [9.17, 15) is 4.39 Å². The molecule has 1 aromatic heterocycles. The number of benzene rings is 1. The van der Waals surface area contributed by atoms with Crippen LogP contribution < -0.4 is 0 Å². The minimum absolute atomic E-state index is 0.0807. The summed E-state index contributed by atoms with van der Waals surface area (Å²) >= 11 is 0. The monoisotopic (exact) mass is 414 g/mol. The number of aromatic nitrogens is 2. The molecule has 5 heteroatoms. The Hall–Kier alpha value is -1.72. The van der Waals surface area contributed by atoms with Crippen LogP contribution in [0.25, 0.3) is 0 Å². The molecule has 1 aliphatic rings. The van der Waals surface area contributed by atoms with E-state index in [1.165, 1.54) is 31.4 Å². The third kappa shape index (κ3) is 6.14. The van der Waals surface area contributed by atoms with Crippen molar-refractivity contribution >= 4 is 0 Å². The van der Waals surface area contributed by atoms with Gasteiger partial charge in [0.2, 0.25) is 0 Å². The third-order valence-corrected chi connectivity index (χ3v) is 6.69. The van der Waals surface area contributed by atoms with Crippen molar-refractivity contribution in [3.63, 3.8) is 0 Å². The van der Waals surface area contributed by atoms with Crippen molar-refractivity contribution in [3.8, 4) is 0 Å². The molecule has 1 saturated heterocycles. The van der Waals surface area contributed by atoms with E-state index in [1.807, 2.05) is 23.9 Å². The van der Waals surface area contributed by atoms with Gasteiger partial charge in [-0.1, -0.05) is 32.0 Å². The lowest BCUT2D eigenvalue weighted by Crippen LogP contribution is -2.45. The second-order valence-corrected chi connectivity index (χ2v) is 9.55. The number of aryl methyl sites for hydroxylation is 2. The number of halogens is 1. The van der Waals surface area contributed by atoms with Gasteiger partial charge in [-0.3, -0.25) is 9.58 Å². The summed E-state index contributed by atoms with van der Waals surface area (Å²) < 4.78 is 16.4. The van der Waals surface area contributed by atoms with E-state index < -0.39 is 0 Å². The molecule has 0 amide bonds. The molecular weight excluding hydrogens is 375 g/mol. The molecule has 0 bridgehead atoms. The fraction of sp³-hybridized carbons (Fsp3) is 0.640. The summed E-state index contributed by atoms with van der Waals surface area (Å²) in [6.45, 7) is 11.0. The molecule has 30 heavy (non-hydrogen) atoms. The van der Waals surface area contributed by atoms with Crippen LogP contribution in [-0.4, -0.2) is 52.3 Å². The second kappa shape index (κ2) is 10.5. The van der Waals surface area contributed by atoms with E-state index in [0.717, 1.165) is 43.2 Å². The van der Waals surface area contributed by atoms with Gasteiger partial charge in [0.05, 0.1) is 5.69 Å². The van der Waals surface area contributed by atoms with Gasteiger partial charge in [0, 0.05) is 31.4 Å². The van der Waals surface area contributed by atoms with Crippen molar-refractivity contribution in [2.24, 2.45) is 18.9 Å². The second-order valence-electron chi connectivity index (χ2n) is 9.55. The van der Waals surface area contributed by atoms with Crippen LogP contribution in [0.1, 0.15) is 49.9 Å². The van der Waals surface area contributed by atoms with Gasteiger partial charge < -0.3 is 4.90 Å². The summed E-state index contributed by atoms with van der Waals surface area (Å²) in [5, 5.41) is 4.50. The maximum atomic E-state index is 14.5. The summed E-state index contributed by atoms with van der Waals surface area (Å²) in [4.78, 5) is 5.05. The zero-order valence-electron chi connectivity index (χ0n) is 19.4. The van der Waals surface area contributed by atoms with Gasteiger partial charge in [-0.05, 0) is 82.8 Å². The Kier molecular flexibility index (Phi) is 8.06. The molecule has 0 N–H and O–H groups in total. The zero-order valence-corrected chi connectivity index (χ0v) is 19.4. The molecule has 1 aromatic carbocycles. The van der Waals surface area contributed by atoms with Crippen LogP contribution >= 0.6 is 0 Å². The number of hydrogen-bond acceptors (Lipinski definition) is 3. The summed E-state index contributed by atoms with van der Waals surface area (Å²) in [6.07, 6.45) is 6.52. The van der Waals surface area contributed by atoms with Crippen LogP contribution in [0.5, 0.6) is 0 Å². The van der Waals surface area contributed by atoms with E-state index >= 15 is 0 Å². The van der Waals surface area contributed by atoms with Gasteiger partial charge in [-0.15, -0.1) is 0 Å². The molecule has 1 aliphatic heterocycles. The molecule has 2 aromatic rings. The predicted octanol–water partition coefficient (Wildman–Crippen LogP) is 4.67. The van der Waals surface area contributed by atoms with Crippen molar-refractivity contribution < 1.29 is 4.39 Å². The highest BCUT2D eigenvalue weighted by molar-refractivity contribution is 5.20. The van der Waals surface area contributed by atoms with Crippen molar-refractivity contribution in [2.75, 3.05) is 26.7 Å². The summed E-state index contributed by atoms with van der Waals surface area (Å²) in [5.74, 6) is 1.26. The molecule has 166 valence electrons. The first-order valence-corrected chi connectivity index (χ1v) is 11.5. The quantitative estimate of drug-likeness (QED) is 0.596. The van der Waals surface area contributed by atoms with Gasteiger partial charge in [0.15, 0.2) is 0 Å². The van der Waals surface area contributed by atoms with Crippen molar-refractivity contribution in [1.82, 2.24) is 19.6 Å². The molecule has 0 saturated carbocycles. The number of hydrogen-bond donors (Lipinski definition) is 0. The Labute approximate surface area is 182 Å². The van der Waals surface area contributed by atoms with E-state index in [1.54, 1.807) is 12.1 Å². The number of nitrogens with zero attached hydrogens (tertiary/aromatic N) is 4. The summed E-state index contributed by atoms with van der Waals surface area (Å²) in [6, 6.07) is 7.60. The van der Waals surface area contributed by atoms with Gasteiger partial charge >= 0.3 is 0 Å². The topological polar surface area (TPSA) is 24.3 Å². The molecule has 2 heterocycles. The lowest BCUT2D eigenvalue weighted by molar-refractivity contribution is 0.0958. The first kappa shape index (κ1) is 23.0. The third-order valence-electron chi connectivity index (χ3n) is 6.69. The summed E-state index contributed by atoms with van der Waals surface area (Å²) in [5.41, 5.74) is 3.17. The summed E-state index contributed by atoms with van der Waals surface area (Å²) in [7, 11) is 4.17. The molecule has 0 radical (unpaired) electrons. The fourth-order valence-corrected chi connectivity index (χ4v) is 4.76. The minimum Gasteiger partial charge on any atom is -0.303 e. The smallest absolute Gasteiger partial charge is 0.126 e. The van der Waals surface area contributed by atoms with Crippen molar-refractivity contribution in [2.45, 2.75) is 59.0 Å². The van der Waals surface area contributed by atoms with Crippen LogP contribution in [0.15, 0.2) is 30.5 Å². The Bertz CT molecular complexity index is 792. The standard InChI is InChI=1S/C25H39FN4/c1-19(2)10-13-30-14-11-21(12-15-30)25(16-22-8-6-7-9-24(22)26)28(4)17-23-18-29(5)27-20(23)3/h6-9,18-19,21,25H,10-17H2,1-5H3/t25-/m1/s1. The van der Waals surface area contributed by atoms with Crippen LogP contribution in [0.3, 0.4) is 0 Å². The first-order chi connectivity index (χ1) is 14.3. The van der Waals surface area contributed by atoms with Gasteiger partial charge in [0.1, 0.15) is 5.82 Å². The highest BCUT2D eigenvalue weighted by Crippen LogP contribution is 2.28. The molecule has 0 unspecified atom stereocenters. The molecule has 0 spiro atoms. The Morgan fingerprint density at radius 2 is 1.87 bits per heavy atom. The zero-order chi connectivity index (χ0) is 21.7. The van der Waals surface area contributed by atoms with E-state index in [4.69, 9.17) is 0 Å². The first-order valence-electron chi connectivity index (χ1n) is 11.5. The number of likely N-dealkylation sites (N-methyl/N-ethyl adjacent to an activating group) is 1. The van der Waals surface area contributed by atoms with E-state index in [0.29, 0.717) is 12.0 Å². The maximum absolute atomic E-state index is 14.5. The van der Waals surface area contributed by atoms with Crippen molar-refractivity contribution in [3.05, 3.63) is 53.1 Å². The Morgan fingerprint density at radius 1 is 1.17 bits per heavy atom. The van der Waals surface area contributed by atoms with Crippen molar-refractivity contribution in [1.29, 1.82) is 0 Å². The minimum atomic E-state index is -0.0807. The van der Waals surface area contributed by atoms with E-state index in [2.05, 4.69) is 48.9 Å². The van der Waals surface area contributed by atoms with Crippen LogP contribution in [0.2, 0.25) is 0 Å². The molecular formula is C25H39FN4. The van der Waals surface area contributed by atoms with Gasteiger partial charge in [0.25, 0.3) is 0 Å². The highest BCUT2D eigenvalue weighted by Gasteiger charge is 2.30. The van der Waals surface area contributed by atoms with Crippen LogP contribution in [-0.2, 0) is 20.0 Å². The lowest BCUT2D eigenvalue weighted by Gasteiger charge is -2.40. The average molecular weight is 415 g/mol. The molecule has 1 fully saturated rings. The number of rotatable bonds is 9. The normalized spacial score (nSPS) is 17.2. The molecule has 4 nitrogen and oxygen atoms in total. The molecule has 3 rings (SSSR count). The van der Waals surface area contributed by atoms with Gasteiger partial charge in [-0.2, -0.15) is 5.10 Å². The van der Waals surface area contributed by atoms with E-state index in [-0.39, 0.29) is 5.82 Å². The molecule has 1 atom stereocenters. The van der Waals surface area contributed by atoms with Crippen LogP contribution in [0.4, 0.5) is 4.39 Å². The number of piperidine rings is 1. The van der Waals surface area contributed by atoms with Gasteiger partial charge in [-0.25, -0.2) is 4.39 Å². The maximum Gasteiger partial charge on any atom is 0.126 e. The highest BCUT2D eigenvalue weighted by atomic mass is 19.1. The Morgan fingerprint density at radius 3 is 2.47 bits per heavy atom. The Balaban J connectivity index is 1.71. The predicted molar refractivity (Wildman–Crippen MR) is 122 cm³/mol. The largest absolute Gasteiger partial charge is 0.303 e. The fourth-order valence-electron chi connectivity index (χ4n) is 4.76. The average Bonchev–Trinajstić information content (AvgIpc) is 3.02.